The monoisotopic (exact) mass is 168 g/mol. The summed E-state index contributed by atoms with van der Waals surface area (Å²) in [6, 6.07) is 0. The van der Waals surface area contributed by atoms with Crippen molar-refractivity contribution in [1.29, 1.82) is 0 Å². The van der Waals surface area contributed by atoms with Gasteiger partial charge in [-0.2, -0.15) is 8.42 Å². The summed E-state index contributed by atoms with van der Waals surface area (Å²) in [5, 5.41) is 0. The first kappa shape index (κ1) is 15.6. The molecule has 0 bridgehead atoms. The third kappa shape index (κ3) is 545. The minimum absolute atomic E-state index is 0. The van der Waals surface area contributed by atoms with Gasteiger partial charge in [-0.05, 0) is 0 Å². The first-order chi connectivity index (χ1) is 2.00. The maximum absolute atomic E-state index is 9.16. The van der Waals surface area contributed by atoms with Gasteiger partial charge >= 0.3 is 8.26 Å². The summed E-state index contributed by atoms with van der Waals surface area (Å²) < 4.78 is 18.3. The Balaban J connectivity index is -0.0000000800. The Bertz CT molecular complexity index is 96.1. The SMILES string of the molecule is C.O.O=S(=O)(Cl)Cl. The largest absolute Gasteiger partial charge is 0.412 e. The van der Waals surface area contributed by atoms with Gasteiger partial charge in [-0.25, -0.2) is 0 Å². The van der Waals surface area contributed by atoms with Crippen molar-refractivity contribution in [3.63, 3.8) is 0 Å². The van der Waals surface area contributed by atoms with Crippen LogP contribution in [0, 0.1) is 0 Å². The lowest BCUT2D eigenvalue weighted by molar-refractivity contribution is 0.621. The van der Waals surface area contributed by atoms with Crippen LogP contribution in [0.25, 0.3) is 0 Å². The molecule has 0 unspecified atom stereocenters. The molecule has 7 heavy (non-hydrogen) atoms. The average Bonchev–Trinajstić information content (AvgIpc) is 0.722. The smallest absolute Gasteiger partial charge is 0.317 e. The highest BCUT2D eigenvalue weighted by atomic mass is 36.0. The Morgan fingerprint density at radius 3 is 1.14 bits per heavy atom. The lowest BCUT2D eigenvalue weighted by Crippen LogP contribution is -1.63. The summed E-state index contributed by atoms with van der Waals surface area (Å²) in [6.07, 6.45) is 0. The highest BCUT2D eigenvalue weighted by Gasteiger charge is 1.88. The van der Waals surface area contributed by atoms with Crippen LogP contribution < -0.4 is 0 Å². The molecular formula is CH6Cl2O3S. The number of rotatable bonds is 0. The topological polar surface area (TPSA) is 65.6 Å². The normalized spacial score (nSPS) is 8.29. The molecular weight excluding hydrogens is 163 g/mol. The molecule has 0 aromatic carbocycles. The highest BCUT2D eigenvalue weighted by molar-refractivity contribution is 8.31. The molecule has 0 aromatic rings. The van der Waals surface area contributed by atoms with Crippen molar-refractivity contribution < 1.29 is 13.9 Å². The molecule has 0 radical (unpaired) electrons. The molecule has 0 aromatic heterocycles. The second-order valence-corrected chi connectivity index (χ2v) is 4.05. The lowest BCUT2D eigenvalue weighted by atomic mass is 12.0. The zero-order chi connectivity index (χ0) is 4.50. The third-order valence-electron chi connectivity index (χ3n) is 0. The van der Waals surface area contributed by atoms with Crippen LogP contribution in [0.1, 0.15) is 7.43 Å². The predicted octanol–water partition coefficient (Wildman–Crippen LogP) is 0.520. The van der Waals surface area contributed by atoms with Crippen LogP contribution in [0.4, 0.5) is 0 Å². The van der Waals surface area contributed by atoms with Crippen LogP contribution in [0.5, 0.6) is 0 Å². The van der Waals surface area contributed by atoms with Crippen molar-refractivity contribution in [2.75, 3.05) is 0 Å². The van der Waals surface area contributed by atoms with Gasteiger partial charge in [0, 0.05) is 21.4 Å². The highest BCUT2D eigenvalue weighted by Crippen LogP contribution is 1.98. The second-order valence-electron chi connectivity index (χ2n) is 0.378. The quantitative estimate of drug-likeness (QED) is 0.496. The molecule has 0 aliphatic rings. The van der Waals surface area contributed by atoms with Gasteiger partial charge in [-0.3, -0.25) is 0 Å². The minimum atomic E-state index is -3.72. The average molecular weight is 169 g/mol. The first-order valence-electron chi connectivity index (χ1n) is 0.642. The van der Waals surface area contributed by atoms with Crippen LogP contribution in [0.2, 0.25) is 0 Å². The molecule has 0 saturated heterocycles. The van der Waals surface area contributed by atoms with Gasteiger partial charge in [0.2, 0.25) is 0 Å². The predicted molar refractivity (Wildman–Crippen MR) is 31.0 cm³/mol. The fourth-order valence-electron chi connectivity index (χ4n) is 0. The van der Waals surface area contributed by atoms with Gasteiger partial charge in [0.15, 0.2) is 0 Å². The number of hydrogen-bond donors (Lipinski definition) is 0. The Labute approximate surface area is 51.5 Å². The van der Waals surface area contributed by atoms with E-state index >= 15 is 0 Å². The van der Waals surface area contributed by atoms with Crippen molar-refractivity contribution in [2.24, 2.45) is 0 Å². The van der Waals surface area contributed by atoms with E-state index in [-0.39, 0.29) is 12.9 Å². The maximum Gasteiger partial charge on any atom is 0.317 e. The molecule has 3 nitrogen and oxygen atoms in total. The van der Waals surface area contributed by atoms with Crippen LogP contribution in [0.15, 0.2) is 0 Å². The Kier molecular flexibility index (Phi) is 10.4. The fraction of sp³-hybridized carbons (Fsp3) is 1.00. The molecule has 2 N–H and O–H groups in total. The summed E-state index contributed by atoms with van der Waals surface area (Å²) in [7, 11) is 4.81. The lowest BCUT2D eigenvalue weighted by Gasteiger charge is -1.61. The molecule has 0 saturated carbocycles. The molecule has 0 fully saturated rings. The summed E-state index contributed by atoms with van der Waals surface area (Å²) >= 11 is 0. The maximum atomic E-state index is 9.16. The van der Waals surface area contributed by atoms with Gasteiger partial charge in [-0.15, -0.1) is 0 Å². The van der Waals surface area contributed by atoms with Crippen molar-refractivity contribution in [3.05, 3.63) is 0 Å². The summed E-state index contributed by atoms with van der Waals surface area (Å²) in [4.78, 5) is 0. The van der Waals surface area contributed by atoms with Crippen LogP contribution in [-0.2, 0) is 8.26 Å². The molecule has 48 valence electrons. The van der Waals surface area contributed by atoms with E-state index in [9.17, 15) is 0 Å². The Morgan fingerprint density at radius 2 is 1.14 bits per heavy atom. The summed E-state index contributed by atoms with van der Waals surface area (Å²) in [5.74, 6) is 0. The standard InChI is InChI=1S/CH4.Cl2O2S.H2O/c;1-5(2,3)4;/h1H4;;1H2. The fourth-order valence-corrected chi connectivity index (χ4v) is 0. The van der Waals surface area contributed by atoms with Gasteiger partial charge in [0.1, 0.15) is 0 Å². The van der Waals surface area contributed by atoms with Crippen LogP contribution in [0.3, 0.4) is 0 Å². The van der Waals surface area contributed by atoms with E-state index in [4.69, 9.17) is 8.42 Å². The van der Waals surface area contributed by atoms with Gasteiger partial charge in [0.25, 0.3) is 0 Å². The Hall–Kier alpha value is 0.490. The van der Waals surface area contributed by atoms with Gasteiger partial charge < -0.3 is 5.48 Å². The Morgan fingerprint density at radius 1 is 1.14 bits per heavy atom. The van der Waals surface area contributed by atoms with E-state index in [0.717, 1.165) is 0 Å². The molecule has 0 amide bonds. The molecule has 6 heteroatoms. The van der Waals surface area contributed by atoms with E-state index in [2.05, 4.69) is 21.4 Å². The van der Waals surface area contributed by atoms with E-state index < -0.39 is 8.26 Å². The van der Waals surface area contributed by atoms with Gasteiger partial charge in [-0.1, -0.05) is 7.43 Å². The van der Waals surface area contributed by atoms with E-state index in [1.807, 2.05) is 0 Å². The van der Waals surface area contributed by atoms with Gasteiger partial charge in [0.05, 0.1) is 0 Å². The molecule has 0 aliphatic heterocycles. The molecule has 0 heterocycles. The van der Waals surface area contributed by atoms with E-state index in [0.29, 0.717) is 0 Å². The zero-order valence-corrected chi connectivity index (χ0v) is 4.81. The molecule has 0 rings (SSSR count). The van der Waals surface area contributed by atoms with Crippen molar-refractivity contribution in [1.82, 2.24) is 0 Å². The summed E-state index contributed by atoms with van der Waals surface area (Å²) in [6.45, 7) is 0. The summed E-state index contributed by atoms with van der Waals surface area (Å²) in [5.41, 5.74) is 0. The van der Waals surface area contributed by atoms with E-state index in [1.54, 1.807) is 0 Å². The number of hydrogen-bond acceptors (Lipinski definition) is 2. The number of halogens is 2. The molecule has 0 aliphatic carbocycles. The van der Waals surface area contributed by atoms with Crippen molar-refractivity contribution in [3.8, 4) is 0 Å². The van der Waals surface area contributed by atoms with Crippen molar-refractivity contribution in [2.45, 2.75) is 7.43 Å². The molecule has 0 atom stereocenters. The van der Waals surface area contributed by atoms with Crippen LogP contribution in [-0.4, -0.2) is 13.9 Å². The van der Waals surface area contributed by atoms with Crippen molar-refractivity contribution >= 4 is 29.6 Å². The third-order valence-corrected chi connectivity index (χ3v) is 0. The van der Waals surface area contributed by atoms with E-state index in [1.165, 1.54) is 0 Å². The van der Waals surface area contributed by atoms with Crippen LogP contribution >= 0.6 is 21.4 Å². The minimum Gasteiger partial charge on any atom is -0.412 e. The first-order valence-corrected chi connectivity index (χ1v) is 3.78. The molecule has 0 spiro atoms. The zero-order valence-electron chi connectivity index (χ0n) is 2.48. The second kappa shape index (κ2) is 4.64.